The van der Waals surface area contributed by atoms with E-state index in [4.69, 9.17) is 33.9 Å². The fourth-order valence-electron chi connectivity index (χ4n) is 11.1. The van der Waals surface area contributed by atoms with Crippen molar-refractivity contribution in [2.45, 2.75) is 103 Å². The highest BCUT2D eigenvalue weighted by molar-refractivity contribution is 6.90. The summed E-state index contributed by atoms with van der Waals surface area (Å²) < 4.78 is 56.8. The van der Waals surface area contributed by atoms with Crippen molar-refractivity contribution in [3.63, 3.8) is 0 Å². The number of ether oxygens (including phenoxy) is 4. The number of benzene rings is 2. The van der Waals surface area contributed by atoms with Crippen LogP contribution in [0.2, 0.25) is 16.6 Å². The van der Waals surface area contributed by atoms with Gasteiger partial charge in [-0.3, -0.25) is 9.78 Å². The number of hydrogen-bond acceptors (Lipinski definition) is 10. The zero-order valence-corrected chi connectivity index (χ0v) is 38.8. The van der Waals surface area contributed by atoms with Gasteiger partial charge in [0.2, 0.25) is 0 Å². The van der Waals surface area contributed by atoms with Crippen molar-refractivity contribution in [1.82, 2.24) is 19.9 Å². The van der Waals surface area contributed by atoms with Crippen molar-refractivity contribution in [2.75, 3.05) is 65.2 Å². The summed E-state index contributed by atoms with van der Waals surface area (Å²) in [6.07, 6.45) is 8.79. The topological polar surface area (TPSA) is 99.1 Å². The first kappa shape index (κ1) is 44.2. The van der Waals surface area contributed by atoms with Crippen molar-refractivity contribution in [1.29, 1.82) is 0 Å². The lowest BCUT2D eigenvalue weighted by atomic mass is 9.95. The average molecular weight is 868 g/mol. The second kappa shape index (κ2) is 18.0. The van der Waals surface area contributed by atoms with Crippen LogP contribution in [0.15, 0.2) is 30.5 Å². The van der Waals surface area contributed by atoms with Gasteiger partial charge in [-0.25, -0.2) is 8.78 Å². The maximum atomic E-state index is 17.7. The number of carbonyl (C=O) groups excluding carboxylic acids is 1. The van der Waals surface area contributed by atoms with Gasteiger partial charge in [-0.15, -0.1) is 5.54 Å². The lowest BCUT2D eigenvalue weighted by Gasteiger charge is -2.38. The van der Waals surface area contributed by atoms with Gasteiger partial charge in [0.1, 0.15) is 36.7 Å². The Morgan fingerprint density at radius 1 is 0.935 bits per heavy atom. The number of hydrogen-bond donors (Lipinski definition) is 0. The van der Waals surface area contributed by atoms with Crippen molar-refractivity contribution in [3.8, 4) is 34.5 Å². The van der Waals surface area contributed by atoms with Crippen LogP contribution in [0.5, 0.6) is 11.8 Å². The molecule has 2 aromatic carbocycles. The summed E-state index contributed by atoms with van der Waals surface area (Å²) in [4.78, 5) is 31.5. The van der Waals surface area contributed by atoms with Crippen LogP contribution in [-0.2, 0) is 14.3 Å². The van der Waals surface area contributed by atoms with Gasteiger partial charge in [0, 0.05) is 49.3 Å². The minimum absolute atomic E-state index is 0.0161. The molecule has 10 nitrogen and oxygen atoms in total. The van der Waals surface area contributed by atoms with Gasteiger partial charge >= 0.3 is 12.0 Å². The van der Waals surface area contributed by atoms with E-state index < -0.39 is 19.7 Å². The van der Waals surface area contributed by atoms with Crippen LogP contribution in [0.1, 0.15) is 92.1 Å². The number of rotatable bonds is 14. The molecule has 2 aromatic heterocycles. The summed E-state index contributed by atoms with van der Waals surface area (Å²) in [6, 6.07) is 6.76. The number of aromatic nitrogens is 3. The van der Waals surface area contributed by atoms with E-state index in [0.717, 1.165) is 58.4 Å². The third kappa shape index (κ3) is 8.63. The molecular weight excluding hydrogens is 805 g/mol. The molecule has 8 rings (SSSR count). The number of piperidine rings is 2. The standard InChI is InChI=1S/C49H63F2N5O5Si/c1-30(2)62(31(3)4,32(5)6)20-15-38-41(50)12-11-36-22-37(61-29-58-7)23-39(42(36)38)44-43(51)45-40(24-52-44)46(56-25-33-9-10-34(21-33)26-56)54-48(53-45)60-28-49(16-17-49)27-55-18-13-35(14-19-55)47(57)59-8/h11-12,22-24,30-35H,9-10,13-14,16-19,21,25-29H2,1-8H3. The molecule has 2 aliphatic heterocycles. The lowest BCUT2D eigenvalue weighted by Crippen LogP contribution is -2.43. The Balaban J connectivity index is 1.22. The van der Waals surface area contributed by atoms with Crippen molar-refractivity contribution in [3.05, 3.63) is 47.7 Å². The molecule has 2 saturated carbocycles. The Morgan fingerprint density at radius 3 is 2.26 bits per heavy atom. The number of halogens is 2. The first-order chi connectivity index (χ1) is 29.8. The van der Waals surface area contributed by atoms with Gasteiger partial charge in [-0.05, 0) is 110 Å². The molecule has 2 atom stereocenters. The minimum Gasteiger partial charge on any atom is -0.469 e. The molecule has 62 heavy (non-hydrogen) atoms. The molecule has 0 amide bonds. The molecule has 2 unspecified atom stereocenters. The lowest BCUT2D eigenvalue weighted by molar-refractivity contribution is -0.147. The Bertz CT molecular complexity index is 2340. The summed E-state index contributed by atoms with van der Waals surface area (Å²) in [5.74, 6) is 4.23. The minimum atomic E-state index is -2.28. The maximum Gasteiger partial charge on any atom is 0.319 e. The van der Waals surface area contributed by atoms with E-state index in [-0.39, 0.29) is 46.9 Å². The zero-order valence-electron chi connectivity index (χ0n) is 37.8. The SMILES string of the molecule is COCOc1cc(-c2ncc3c(N4CC5CCC(C5)C4)nc(OCC4(CN5CCC(C(=O)OC)CC5)CC4)nc3c2F)c2c(C#C[Si](C(C)C)(C(C)C)C(C)C)c(F)ccc2c1. The number of likely N-dealkylation sites (tertiary alicyclic amines) is 1. The molecule has 332 valence electrons. The molecule has 0 N–H and O–H groups in total. The van der Waals surface area contributed by atoms with E-state index in [2.05, 4.69) is 62.8 Å². The highest BCUT2D eigenvalue weighted by atomic mass is 28.3. The molecule has 2 aliphatic carbocycles. The van der Waals surface area contributed by atoms with Gasteiger partial charge in [0.25, 0.3) is 0 Å². The number of pyridine rings is 1. The van der Waals surface area contributed by atoms with Gasteiger partial charge in [-0.1, -0.05) is 53.5 Å². The van der Waals surface area contributed by atoms with Crippen LogP contribution in [0, 0.1) is 46.3 Å². The second-order valence-corrected chi connectivity index (χ2v) is 25.1. The molecular formula is C49H63F2N5O5Si. The van der Waals surface area contributed by atoms with Crippen LogP contribution < -0.4 is 14.4 Å². The largest absolute Gasteiger partial charge is 0.469 e. The molecule has 4 aliphatic rings. The Morgan fingerprint density at radius 2 is 1.63 bits per heavy atom. The van der Waals surface area contributed by atoms with Crippen molar-refractivity contribution >= 4 is 41.5 Å². The normalized spacial score (nSPS) is 20.3. The molecule has 4 fully saturated rings. The summed E-state index contributed by atoms with van der Waals surface area (Å²) in [7, 11) is 0.710. The number of fused-ring (bicyclic) bond motifs is 4. The number of anilines is 1. The molecule has 0 spiro atoms. The first-order valence-corrected chi connectivity index (χ1v) is 24.9. The Hall–Kier alpha value is -4.38. The molecule has 0 radical (unpaired) electrons. The number of methoxy groups -OCH3 is 2. The molecule has 13 heteroatoms. The van der Waals surface area contributed by atoms with Crippen LogP contribution in [0.25, 0.3) is 32.9 Å². The quantitative estimate of drug-likeness (QED) is 0.0527. The van der Waals surface area contributed by atoms with Gasteiger partial charge in [0.15, 0.2) is 12.6 Å². The highest BCUT2D eigenvalue weighted by Gasteiger charge is 2.46. The van der Waals surface area contributed by atoms with Gasteiger partial charge in [-0.2, -0.15) is 9.97 Å². The van der Waals surface area contributed by atoms with Crippen LogP contribution in [0.3, 0.4) is 0 Å². The number of nitrogens with zero attached hydrogens (tertiary/aromatic N) is 5. The fourth-order valence-corrected chi connectivity index (χ4v) is 16.4. The Kier molecular flexibility index (Phi) is 12.8. The van der Waals surface area contributed by atoms with E-state index in [1.807, 2.05) is 6.07 Å². The summed E-state index contributed by atoms with van der Waals surface area (Å²) in [6.45, 7) is 17.9. The molecule has 4 aromatic rings. The summed E-state index contributed by atoms with van der Waals surface area (Å²) >= 11 is 0. The average Bonchev–Trinajstić information content (AvgIpc) is 3.94. The predicted molar refractivity (Wildman–Crippen MR) is 242 cm³/mol. The summed E-state index contributed by atoms with van der Waals surface area (Å²) in [5, 5.41) is 1.63. The Labute approximate surface area is 366 Å². The molecule has 2 saturated heterocycles. The van der Waals surface area contributed by atoms with Crippen LogP contribution in [-0.4, -0.2) is 94.2 Å². The number of esters is 1. The monoisotopic (exact) mass is 867 g/mol. The fraction of sp³-hybridized carbons (Fsp3) is 0.592. The van der Waals surface area contributed by atoms with Gasteiger partial charge in [0.05, 0.1) is 30.6 Å². The van der Waals surface area contributed by atoms with E-state index >= 15 is 8.78 Å². The third-order valence-electron chi connectivity index (χ3n) is 14.6. The second-order valence-electron chi connectivity index (χ2n) is 19.5. The van der Waals surface area contributed by atoms with E-state index in [1.54, 1.807) is 18.3 Å². The van der Waals surface area contributed by atoms with Crippen LogP contribution in [0.4, 0.5) is 14.6 Å². The predicted octanol–water partition coefficient (Wildman–Crippen LogP) is 9.96. The van der Waals surface area contributed by atoms with E-state index in [0.29, 0.717) is 68.4 Å². The van der Waals surface area contributed by atoms with E-state index in [1.165, 1.54) is 39.5 Å². The van der Waals surface area contributed by atoms with Crippen LogP contribution >= 0.6 is 0 Å². The number of carbonyl (C=O) groups is 1. The van der Waals surface area contributed by atoms with Gasteiger partial charge < -0.3 is 28.7 Å². The van der Waals surface area contributed by atoms with Crippen molar-refractivity contribution in [2.24, 2.45) is 23.2 Å². The zero-order chi connectivity index (χ0) is 43.9. The molecule has 4 heterocycles. The van der Waals surface area contributed by atoms with Crippen molar-refractivity contribution < 1.29 is 32.5 Å². The first-order valence-electron chi connectivity index (χ1n) is 22.7. The summed E-state index contributed by atoms with van der Waals surface area (Å²) in [5.41, 5.74) is 5.34. The smallest absolute Gasteiger partial charge is 0.319 e. The highest BCUT2D eigenvalue weighted by Crippen LogP contribution is 2.48. The van der Waals surface area contributed by atoms with E-state index in [9.17, 15) is 4.79 Å². The third-order valence-corrected chi connectivity index (χ3v) is 20.9. The molecule has 2 bridgehead atoms. The maximum absolute atomic E-state index is 17.7.